The van der Waals surface area contributed by atoms with Crippen molar-refractivity contribution in [3.05, 3.63) is 83.2 Å². The number of sulfone groups is 1. The Morgan fingerprint density at radius 3 is 2.39 bits per heavy atom. The van der Waals surface area contributed by atoms with Gasteiger partial charge in [0.15, 0.2) is 9.84 Å². The number of hydrogen-bond acceptors (Lipinski definition) is 6. The average Bonchev–Trinajstić information content (AvgIpc) is 3.42. The van der Waals surface area contributed by atoms with Gasteiger partial charge in [0, 0.05) is 32.6 Å². The molecule has 2 aliphatic rings. The largest absolute Gasteiger partial charge is 0.380 e. The molecule has 0 radical (unpaired) electrons. The number of para-hydroxylation sites is 1. The Bertz CT molecular complexity index is 1760. The highest BCUT2D eigenvalue weighted by Gasteiger charge is 2.62. The molecule has 0 unspecified atom stereocenters. The van der Waals surface area contributed by atoms with Crippen LogP contribution in [0.3, 0.4) is 0 Å². The molecule has 1 fully saturated rings. The molecule has 8 nitrogen and oxygen atoms in total. The van der Waals surface area contributed by atoms with Gasteiger partial charge in [-0.3, -0.25) is 4.79 Å². The summed E-state index contributed by atoms with van der Waals surface area (Å²) in [5, 5.41) is -0.761. The van der Waals surface area contributed by atoms with Crippen LogP contribution in [0.1, 0.15) is 43.0 Å². The summed E-state index contributed by atoms with van der Waals surface area (Å²) in [5.74, 6) is -0.880. The lowest BCUT2D eigenvalue weighted by atomic mass is 9.72. The van der Waals surface area contributed by atoms with Crippen LogP contribution in [0.2, 0.25) is 0 Å². The first-order valence-electron chi connectivity index (χ1n) is 13.2. The lowest BCUT2D eigenvalue weighted by molar-refractivity contribution is -0.123. The summed E-state index contributed by atoms with van der Waals surface area (Å²) in [6, 6.07) is 15.3. The van der Waals surface area contributed by atoms with Crippen molar-refractivity contribution in [3.8, 4) is 11.1 Å². The maximum atomic E-state index is 15.4. The van der Waals surface area contributed by atoms with E-state index in [0.29, 0.717) is 33.5 Å². The lowest BCUT2D eigenvalue weighted by Crippen LogP contribution is -2.46. The molecule has 0 bridgehead atoms. The maximum absolute atomic E-state index is 15.4. The molecule has 218 valence electrons. The zero-order valence-corrected chi connectivity index (χ0v) is 25.2. The first-order valence-corrected chi connectivity index (χ1v) is 16.6. The summed E-state index contributed by atoms with van der Waals surface area (Å²) in [7, 11) is -4.37. The molecule has 11 heteroatoms. The fourth-order valence-electron chi connectivity index (χ4n) is 6.26. The van der Waals surface area contributed by atoms with Crippen LogP contribution >= 0.6 is 0 Å². The Hall–Kier alpha value is -3.12. The van der Waals surface area contributed by atoms with Crippen molar-refractivity contribution in [2.24, 2.45) is 0 Å². The Morgan fingerprint density at radius 2 is 1.73 bits per heavy atom. The van der Waals surface area contributed by atoms with Gasteiger partial charge in [-0.25, -0.2) is 21.2 Å². The van der Waals surface area contributed by atoms with E-state index in [-0.39, 0.29) is 30.4 Å². The molecule has 1 spiro atoms. The van der Waals surface area contributed by atoms with Gasteiger partial charge in [0.25, 0.3) is 0 Å². The van der Waals surface area contributed by atoms with E-state index < -0.39 is 42.4 Å². The lowest BCUT2D eigenvalue weighted by Gasteiger charge is -2.35. The summed E-state index contributed by atoms with van der Waals surface area (Å²) in [6.45, 7) is 3.34. The van der Waals surface area contributed by atoms with Crippen molar-refractivity contribution in [1.82, 2.24) is 4.31 Å². The quantitative estimate of drug-likeness (QED) is 0.398. The molecule has 0 aromatic heterocycles. The maximum Gasteiger partial charge on any atom is 0.239 e. The summed E-state index contributed by atoms with van der Waals surface area (Å²) in [4.78, 5) is 15.6. The van der Waals surface area contributed by atoms with Crippen LogP contribution in [0, 0.1) is 5.82 Å². The van der Waals surface area contributed by atoms with Gasteiger partial charge in [0.05, 0.1) is 28.2 Å². The van der Waals surface area contributed by atoms with E-state index in [1.807, 2.05) is 24.3 Å². The zero-order chi connectivity index (χ0) is 29.9. The topological polar surface area (TPSA) is 101 Å². The summed E-state index contributed by atoms with van der Waals surface area (Å²) < 4.78 is 74.4. The molecule has 2 atom stereocenters. The van der Waals surface area contributed by atoms with Gasteiger partial charge in [-0.2, -0.15) is 4.31 Å². The highest BCUT2D eigenvalue weighted by Crippen LogP contribution is 2.57. The van der Waals surface area contributed by atoms with Gasteiger partial charge >= 0.3 is 0 Å². The summed E-state index contributed by atoms with van der Waals surface area (Å²) >= 11 is 0. The van der Waals surface area contributed by atoms with Crippen LogP contribution in [0.5, 0.6) is 0 Å². The van der Waals surface area contributed by atoms with Crippen molar-refractivity contribution in [2.75, 3.05) is 31.9 Å². The molecule has 3 aromatic carbocycles. The van der Waals surface area contributed by atoms with Crippen molar-refractivity contribution in [2.45, 2.75) is 48.5 Å². The molecular formula is C30H33FN2O6S2. The van der Waals surface area contributed by atoms with Crippen molar-refractivity contribution >= 4 is 31.5 Å². The Kier molecular flexibility index (Phi) is 7.38. The Balaban J connectivity index is 1.75. The van der Waals surface area contributed by atoms with Gasteiger partial charge < -0.3 is 9.64 Å². The third-order valence-corrected chi connectivity index (χ3v) is 11.6. The number of rotatable bonds is 7. The SMILES string of the molecule is COCc1ccc(-c2cc(F)cc([C@H]3N(S(=O)(=O)C(C)C)CC[C@]34C(=O)N(C)c3ccccc34)c2)cc1S(C)(=O)=O. The normalized spacial score (nSPS) is 21.3. The van der Waals surface area contributed by atoms with Crippen LogP contribution in [-0.2, 0) is 41.4 Å². The molecular weight excluding hydrogens is 567 g/mol. The number of hydrogen-bond donors (Lipinski definition) is 0. The summed E-state index contributed by atoms with van der Waals surface area (Å²) in [5.41, 5.74) is 1.73. The van der Waals surface area contributed by atoms with Crippen molar-refractivity contribution in [3.63, 3.8) is 0 Å². The third kappa shape index (κ3) is 4.68. The minimum absolute atomic E-state index is 0.0607. The van der Waals surface area contributed by atoms with Gasteiger partial charge in [-0.05, 0) is 78.4 Å². The summed E-state index contributed by atoms with van der Waals surface area (Å²) in [6.07, 6.45) is 1.33. The van der Waals surface area contributed by atoms with Crippen LogP contribution in [0.4, 0.5) is 10.1 Å². The van der Waals surface area contributed by atoms with E-state index >= 15 is 4.39 Å². The number of halogens is 1. The number of sulfonamides is 1. The van der Waals surface area contributed by atoms with E-state index in [0.717, 1.165) is 6.26 Å². The van der Waals surface area contributed by atoms with E-state index in [1.54, 1.807) is 44.0 Å². The first-order chi connectivity index (χ1) is 19.2. The predicted molar refractivity (Wildman–Crippen MR) is 155 cm³/mol. The molecule has 1 saturated heterocycles. The van der Waals surface area contributed by atoms with Gasteiger partial charge in [0.2, 0.25) is 15.9 Å². The Labute approximate surface area is 240 Å². The number of likely N-dealkylation sites (N-methyl/N-ethyl adjacent to an activating group) is 1. The molecule has 3 aromatic rings. The number of fused-ring (bicyclic) bond motifs is 2. The smallest absolute Gasteiger partial charge is 0.239 e. The van der Waals surface area contributed by atoms with Crippen molar-refractivity contribution in [1.29, 1.82) is 0 Å². The number of amides is 1. The number of ether oxygens (including phenoxy) is 1. The first kappa shape index (κ1) is 29.4. The third-order valence-electron chi connectivity index (χ3n) is 8.17. The van der Waals surface area contributed by atoms with Crippen molar-refractivity contribution < 1.29 is 30.8 Å². The highest BCUT2D eigenvalue weighted by atomic mass is 32.2. The number of carbonyl (C=O) groups is 1. The van der Waals surface area contributed by atoms with Gasteiger partial charge in [0.1, 0.15) is 5.82 Å². The number of benzene rings is 3. The van der Waals surface area contributed by atoms with Crippen LogP contribution in [0.25, 0.3) is 11.1 Å². The zero-order valence-electron chi connectivity index (χ0n) is 23.6. The minimum atomic E-state index is -3.86. The predicted octanol–water partition coefficient (Wildman–Crippen LogP) is 4.44. The molecule has 0 saturated carbocycles. The van der Waals surface area contributed by atoms with Crippen LogP contribution in [0.15, 0.2) is 65.6 Å². The number of nitrogens with zero attached hydrogens (tertiary/aromatic N) is 2. The second-order valence-corrected chi connectivity index (χ2v) is 15.4. The average molecular weight is 601 g/mol. The van der Waals surface area contributed by atoms with E-state index in [9.17, 15) is 21.6 Å². The Morgan fingerprint density at radius 1 is 1.02 bits per heavy atom. The van der Waals surface area contributed by atoms with Gasteiger partial charge in [-0.1, -0.05) is 30.3 Å². The number of methoxy groups -OCH3 is 1. The van der Waals surface area contributed by atoms with Crippen LogP contribution < -0.4 is 4.90 Å². The molecule has 0 N–H and O–H groups in total. The van der Waals surface area contributed by atoms with Gasteiger partial charge in [-0.15, -0.1) is 0 Å². The molecule has 41 heavy (non-hydrogen) atoms. The molecule has 2 heterocycles. The van der Waals surface area contributed by atoms with E-state index in [2.05, 4.69) is 0 Å². The molecule has 0 aliphatic carbocycles. The fourth-order valence-corrected chi connectivity index (χ4v) is 8.69. The fraction of sp³-hybridized carbons (Fsp3) is 0.367. The monoisotopic (exact) mass is 600 g/mol. The highest BCUT2D eigenvalue weighted by molar-refractivity contribution is 7.90. The standard InChI is InChI=1S/C30H33FN2O6S2/c1-19(2)41(37,38)33-13-12-30(25-8-6-7-9-26(25)32(3)29(30)34)28(33)23-14-22(15-24(31)16-23)20-10-11-21(18-39-4)27(17-20)40(5,35)36/h6-11,14-17,19,28H,12-13,18H2,1-5H3/t28-,30-/m1/s1. The molecule has 1 amide bonds. The minimum Gasteiger partial charge on any atom is -0.380 e. The second kappa shape index (κ2) is 10.3. The molecule has 5 rings (SSSR count). The molecule has 2 aliphatic heterocycles. The van der Waals surface area contributed by atoms with Crippen LogP contribution in [-0.4, -0.2) is 59.3 Å². The number of carbonyl (C=O) groups excluding carboxylic acids is 1. The van der Waals surface area contributed by atoms with E-state index in [4.69, 9.17) is 4.74 Å². The second-order valence-electron chi connectivity index (χ2n) is 11.0. The van der Waals surface area contributed by atoms with E-state index in [1.165, 1.54) is 29.6 Å². The number of anilines is 1.